The highest BCUT2D eigenvalue weighted by atomic mass is 15.3. The third kappa shape index (κ3) is 3.06. The molecule has 0 aromatic heterocycles. The molecule has 1 N–H and O–H groups in total. The summed E-state index contributed by atoms with van der Waals surface area (Å²) in [6, 6.07) is 1.57. The SMILES string of the molecule is CC1CNC2(CCCCC2)CN1C1CCCC(C)(C)C1. The molecule has 0 aromatic carbocycles. The molecule has 0 amide bonds. The zero-order valence-corrected chi connectivity index (χ0v) is 13.9. The second-order valence-corrected chi connectivity index (χ2v) is 8.66. The monoisotopic (exact) mass is 278 g/mol. The van der Waals surface area contributed by atoms with Gasteiger partial charge in [-0.1, -0.05) is 39.5 Å². The van der Waals surface area contributed by atoms with Crippen LogP contribution in [-0.2, 0) is 0 Å². The van der Waals surface area contributed by atoms with Crippen LogP contribution in [0.4, 0.5) is 0 Å². The maximum Gasteiger partial charge on any atom is 0.0309 e. The lowest BCUT2D eigenvalue weighted by Gasteiger charge is -2.53. The van der Waals surface area contributed by atoms with Crippen molar-refractivity contribution in [1.29, 1.82) is 0 Å². The van der Waals surface area contributed by atoms with Crippen molar-refractivity contribution in [1.82, 2.24) is 10.2 Å². The fraction of sp³-hybridized carbons (Fsp3) is 1.00. The first kappa shape index (κ1) is 14.8. The molecule has 116 valence electrons. The molecule has 1 saturated heterocycles. The molecule has 2 aliphatic carbocycles. The van der Waals surface area contributed by atoms with E-state index in [1.807, 2.05) is 0 Å². The molecule has 0 aromatic rings. The van der Waals surface area contributed by atoms with Crippen LogP contribution in [-0.4, -0.2) is 35.6 Å². The average molecular weight is 278 g/mol. The van der Waals surface area contributed by atoms with Gasteiger partial charge in [0, 0.05) is 30.7 Å². The summed E-state index contributed by atoms with van der Waals surface area (Å²) in [4.78, 5) is 2.89. The number of nitrogens with one attached hydrogen (secondary N) is 1. The van der Waals surface area contributed by atoms with Gasteiger partial charge in [-0.2, -0.15) is 0 Å². The van der Waals surface area contributed by atoms with Gasteiger partial charge in [0.2, 0.25) is 0 Å². The van der Waals surface area contributed by atoms with Crippen molar-refractivity contribution in [3.8, 4) is 0 Å². The van der Waals surface area contributed by atoms with Crippen LogP contribution in [0.5, 0.6) is 0 Å². The Balaban J connectivity index is 1.70. The van der Waals surface area contributed by atoms with E-state index in [0.29, 0.717) is 11.0 Å². The topological polar surface area (TPSA) is 15.3 Å². The smallest absolute Gasteiger partial charge is 0.0309 e. The molecule has 0 radical (unpaired) electrons. The maximum atomic E-state index is 3.93. The number of hydrogen-bond acceptors (Lipinski definition) is 2. The summed E-state index contributed by atoms with van der Waals surface area (Å²) < 4.78 is 0. The number of rotatable bonds is 1. The van der Waals surface area contributed by atoms with E-state index in [0.717, 1.165) is 12.1 Å². The van der Waals surface area contributed by atoms with Crippen LogP contribution in [0.2, 0.25) is 0 Å². The Morgan fingerprint density at radius 2 is 1.75 bits per heavy atom. The molecule has 2 heteroatoms. The minimum Gasteiger partial charge on any atom is -0.308 e. The zero-order chi connectivity index (χ0) is 14.2. The van der Waals surface area contributed by atoms with Crippen molar-refractivity contribution in [2.24, 2.45) is 5.41 Å². The standard InChI is InChI=1S/C18H34N2/c1-15-13-19-18(10-5-4-6-11-18)14-20(15)16-8-7-9-17(2,3)12-16/h15-16,19H,4-14H2,1-3H3. The van der Waals surface area contributed by atoms with Crippen LogP contribution >= 0.6 is 0 Å². The number of nitrogens with zero attached hydrogens (tertiary/aromatic N) is 1. The molecule has 0 bridgehead atoms. The van der Waals surface area contributed by atoms with Crippen molar-refractivity contribution in [2.45, 2.75) is 96.2 Å². The van der Waals surface area contributed by atoms with Gasteiger partial charge in [0.15, 0.2) is 0 Å². The summed E-state index contributed by atoms with van der Waals surface area (Å²) in [5, 5.41) is 3.93. The molecular formula is C18H34N2. The molecule has 3 fully saturated rings. The molecule has 2 atom stereocenters. The summed E-state index contributed by atoms with van der Waals surface area (Å²) in [6.07, 6.45) is 12.8. The normalized spacial score (nSPS) is 38.0. The predicted molar refractivity (Wildman–Crippen MR) is 86.0 cm³/mol. The number of piperazine rings is 1. The lowest BCUT2D eigenvalue weighted by Crippen LogP contribution is -2.66. The third-order valence-electron chi connectivity index (χ3n) is 6.28. The molecule has 1 heterocycles. The Bertz CT molecular complexity index is 330. The first-order valence-electron chi connectivity index (χ1n) is 9.01. The third-order valence-corrected chi connectivity index (χ3v) is 6.28. The van der Waals surface area contributed by atoms with Gasteiger partial charge in [-0.05, 0) is 44.4 Å². The fourth-order valence-corrected chi connectivity index (χ4v) is 5.04. The van der Waals surface area contributed by atoms with Crippen molar-refractivity contribution in [2.75, 3.05) is 13.1 Å². The summed E-state index contributed by atoms with van der Waals surface area (Å²) in [6.45, 7) is 9.90. The van der Waals surface area contributed by atoms with Crippen molar-refractivity contribution < 1.29 is 0 Å². The van der Waals surface area contributed by atoms with E-state index < -0.39 is 0 Å². The van der Waals surface area contributed by atoms with Crippen LogP contribution in [0, 0.1) is 5.41 Å². The van der Waals surface area contributed by atoms with E-state index in [9.17, 15) is 0 Å². The Hall–Kier alpha value is -0.0800. The highest BCUT2D eigenvalue weighted by Crippen LogP contribution is 2.40. The van der Waals surface area contributed by atoms with E-state index in [2.05, 4.69) is 31.0 Å². The van der Waals surface area contributed by atoms with E-state index >= 15 is 0 Å². The first-order valence-corrected chi connectivity index (χ1v) is 9.01. The Morgan fingerprint density at radius 1 is 1.00 bits per heavy atom. The predicted octanol–water partition coefficient (Wildman–Crippen LogP) is 3.95. The van der Waals surface area contributed by atoms with E-state index in [1.165, 1.54) is 70.9 Å². The zero-order valence-electron chi connectivity index (χ0n) is 13.9. The number of hydrogen-bond donors (Lipinski definition) is 1. The van der Waals surface area contributed by atoms with E-state index in [-0.39, 0.29) is 0 Å². The summed E-state index contributed by atoms with van der Waals surface area (Å²) in [7, 11) is 0. The van der Waals surface area contributed by atoms with E-state index in [1.54, 1.807) is 0 Å². The Kier molecular flexibility index (Phi) is 4.16. The van der Waals surface area contributed by atoms with Gasteiger partial charge < -0.3 is 5.32 Å². The molecule has 3 aliphatic rings. The molecule has 1 aliphatic heterocycles. The second kappa shape index (κ2) is 5.61. The maximum absolute atomic E-state index is 3.93. The Morgan fingerprint density at radius 3 is 2.45 bits per heavy atom. The van der Waals surface area contributed by atoms with Crippen molar-refractivity contribution >= 4 is 0 Å². The molecule has 2 nitrogen and oxygen atoms in total. The molecule has 2 unspecified atom stereocenters. The van der Waals surface area contributed by atoms with Gasteiger partial charge >= 0.3 is 0 Å². The first-order chi connectivity index (χ1) is 9.50. The highest BCUT2D eigenvalue weighted by Gasteiger charge is 2.42. The van der Waals surface area contributed by atoms with Gasteiger partial charge in [-0.15, -0.1) is 0 Å². The molecular weight excluding hydrogens is 244 g/mol. The van der Waals surface area contributed by atoms with Crippen LogP contribution in [0.3, 0.4) is 0 Å². The van der Waals surface area contributed by atoms with Crippen molar-refractivity contribution in [3.63, 3.8) is 0 Å². The van der Waals surface area contributed by atoms with Crippen LogP contribution in [0.15, 0.2) is 0 Å². The molecule has 1 spiro atoms. The minimum absolute atomic E-state index is 0.465. The second-order valence-electron chi connectivity index (χ2n) is 8.66. The molecule has 2 saturated carbocycles. The lowest BCUT2D eigenvalue weighted by molar-refractivity contribution is -0.000439. The van der Waals surface area contributed by atoms with Gasteiger partial charge in [-0.3, -0.25) is 4.90 Å². The van der Waals surface area contributed by atoms with Gasteiger partial charge in [0.25, 0.3) is 0 Å². The summed E-state index contributed by atoms with van der Waals surface area (Å²) >= 11 is 0. The van der Waals surface area contributed by atoms with Crippen molar-refractivity contribution in [3.05, 3.63) is 0 Å². The summed E-state index contributed by atoms with van der Waals surface area (Å²) in [5.41, 5.74) is 1.03. The van der Waals surface area contributed by atoms with Crippen LogP contribution < -0.4 is 5.32 Å². The van der Waals surface area contributed by atoms with Crippen LogP contribution in [0.25, 0.3) is 0 Å². The largest absolute Gasteiger partial charge is 0.308 e. The quantitative estimate of drug-likeness (QED) is 0.781. The molecule has 3 rings (SSSR count). The average Bonchev–Trinajstić information content (AvgIpc) is 2.42. The Labute approximate surface area is 125 Å². The van der Waals surface area contributed by atoms with Gasteiger partial charge in [-0.25, -0.2) is 0 Å². The highest BCUT2D eigenvalue weighted by molar-refractivity contribution is 5.01. The van der Waals surface area contributed by atoms with Gasteiger partial charge in [0.05, 0.1) is 0 Å². The van der Waals surface area contributed by atoms with Gasteiger partial charge in [0.1, 0.15) is 0 Å². The molecule has 20 heavy (non-hydrogen) atoms. The van der Waals surface area contributed by atoms with Crippen LogP contribution in [0.1, 0.15) is 78.6 Å². The lowest BCUT2D eigenvalue weighted by atomic mass is 9.73. The van der Waals surface area contributed by atoms with E-state index in [4.69, 9.17) is 0 Å². The fourth-order valence-electron chi connectivity index (χ4n) is 5.04. The summed E-state index contributed by atoms with van der Waals surface area (Å²) in [5.74, 6) is 0. The minimum atomic E-state index is 0.465.